The zero-order chi connectivity index (χ0) is 6.41. The molecule has 0 fully saturated rings. The van der Waals surface area contributed by atoms with Crippen LogP contribution in [-0.2, 0) is 0 Å². The summed E-state index contributed by atoms with van der Waals surface area (Å²) >= 11 is 0. The van der Waals surface area contributed by atoms with Gasteiger partial charge in [0.05, 0.1) is 0 Å². The Morgan fingerprint density at radius 2 is 2.00 bits per heavy atom. The highest BCUT2D eigenvalue weighted by Crippen LogP contribution is 1.88. The van der Waals surface area contributed by atoms with E-state index in [1.807, 2.05) is 6.92 Å². The third-order valence-corrected chi connectivity index (χ3v) is 1.16. The molecule has 2 nitrogen and oxygen atoms in total. The monoisotopic (exact) mass is 115 g/mol. The fourth-order valence-corrected chi connectivity index (χ4v) is 0.507. The van der Waals surface area contributed by atoms with Crippen molar-refractivity contribution < 1.29 is 0 Å². The average molecular weight is 115 g/mol. The molecule has 0 heterocycles. The number of nitrogens with zero attached hydrogens (tertiary/aromatic N) is 1. The van der Waals surface area contributed by atoms with Gasteiger partial charge in [-0.25, -0.2) is 5.01 Å². The van der Waals surface area contributed by atoms with Crippen molar-refractivity contribution in [3.8, 4) is 0 Å². The molecule has 0 unspecified atom stereocenters. The number of hydrogen-bond donors (Lipinski definition) is 0. The van der Waals surface area contributed by atoms with Crippen LogP contribution in [0.4, 0.5) is 0 Å². The van der Waals surface area contributed by atoms with Crippen LogP contribution in [0.1, 0.15) is 26.7 Å². The van der Waals surface area contributed by atoms with Crippen molar-refractivity contribution in [1.29, 1.82) is 0 Å². The molecule has 0 aromatic carbocycles. The molecule has 0 aliphatic carbocycles. The van der Waals surface area contributed by atoms with E-state index in [0.717, 1.165) is 19.5 Å². The molecule has 0 atom stereocenters. The van der Waals surface area contributed by atoms with Crippen LogP contribution < -0.4 is 5.84 Å². The minimum atomic E-state index is 0.847. The lowest BCUT2D eigenvalue weighted by molar-refractivity contribution is 0.276. The Morgan fingerprint density at radius 3 is 2.38 bits per heavy atom. The molecule has 0 amide bonds. The van der Waals surface area contributed by atoms with E-state index >= 15 is 0 Å². The van der Waals surface area contributed by atoms with Crippen LogP contribution in [-0.4, -0.2) is 18.1 Å². The Balaban J connectivity index is 2.86. The first-order valence-corrected chi connectivity index (χ1v) is 3.27. The zero-order valence-corrected chi connectivity index (χ0v) is 5.78. The van der Waals surface area contributed by atoms with Gasteiger partial charge >= 0.3 is 0 Å². The van der Waals surface area contributed by atoms with Gasteiger partial charge < -0.3 is 0 Å². The van der Waals surface area contributed by atoms with E-state index in [9.17, 15) is 0 Å². The third kappa shape index (κ3) is 4.09. The van der Waals surface area contributed by atoms with Gasteiger partial charge in [0.25, 0.3) is 0 Å². The standard InChI is InChI=1S/C6H15N2/c1-3-5-6-8(7)4-2/h7H,3-6H2,1-2H3. The number of hydrogen-bond acceptors (Lipinski definition) is 1. The van der Waals surface area contributed by atoms with Gasteiger partial charge in [-0.3, -0.25) is 0 Å². The summed E-state index contributed by atoms with van der Waals surface area (Å²) in [6, 6.07) is 0. The van der Waals surface area contributed by atoms with Crippen molar-refractivity contribution in [2.75, 3.05) is 13.1 Å². The first kappa shape index (κ1) is 7.92. The fraction of sp³-hybridized carbons (Fsp3) is 1.00. The topological polar surface area (TPSA) is 27.0 Å². The Morgan fingerprint density at radius 1 is 1.38 bits per heavy atom. The van der Waals surface area contributed by atoms with E-state index < -0.39 is 0 Å². The summed E-state index contributed by atoms with van der Waals surface area (Å²) in [6.45, 7) is 5.92. The van der Waals surface area contributed by atoms with Gasteiger partial charge in [0.2, 0.25) is 0 Å². The van der Waals surface area contributed by atoms with Gasteiger partial charge in [0.15, 0.2) is 0 Å². The molecule has 0 aliphatic rings. The predicted molar refractivity (Wildman–Crippen MR) is 35.3 cm³/mol. The summed E-state index contributed by atoms with van der Waals surface area (Å²) < 4.78 is 0. The van der Waals surface area contributed by atoms with Crippen LogP contribution in [0.25, 0.3) is 0 Å². The van der Waals surface area contributed by atoms with Crippen LogP contribution in [0.3, 0.4) is 0 Å². The molecule has 8 heavy (non-hydrogen) atoms. The van der Waals surface area contributed by atoms with E-state index in [2.05, 4.69) is 6.92 Å². The summed E-state index contributed by atoms with van der Waals surface area (Å²) in [5.41, 5.74) is 0. The Kier molecular flexibility index (Phi) is 5.01. The molecular formula is C6H15N2. The van der Waals surface area contributed by atoms with E-state index in [4.69, 9.17) is 5.84 Å². The second kappa shape index (κ2) is 5.06. The molecule has 49 valence electrons. The van der Waals surface area contributed by atoms with E-state index in [-0.39, 0.29) is 0 Å². The average Bonchev–Trinajstić information content (AvgIpc) is 1.83. The molecule has 0 aromatic rings. The van der Waals surface area contributed by atoms with E-state index in [0.29, 0.717) is 0 Å². The second-order valence-electron chi connectivity index (χ2n) is 1.93. The van der Waals surface area contributed by atoms with Gasteiger partial charge in [-0.1, -0.05) is 20.3 Å². The molecule has 1 N–H and O–H groups in total. The summed E-state index contributed by atoms with van der Waals surface area (Å²) in [4.78, 5) is 0. The largest absolute Gasteiger partial charge is 0.230 e. The Hall–Kier alpha value is -0.0800. The molecule has 0 saturated heterocycles. The first-order chi connectivity index (χ1) is 3.81. The molecule has 0 aromatic heterocycles. The SMILES string of the molecule is CCCCN([NH])CC. The highest BCUT2D eigenvalue weighted by molar-refractivity contribution is 4.41. The maximum absolute atomic E-state index is 7.16. The van der Waals surface area contributed by atoms with Crippen molar-refractivity contribution in [3.63, 3.8) is 0 Å². The van der Waals surface area contributed by atoms with Crippen LogP contribution in [0, 0.1) is 0 Å². The summed E-state index contributed by atoms with van der Waals surface area (Å²) in [5.74, 6) is 7.16. The Bertz CT molecular complexity index is 45.8. The molecule has 0 aliphatic heterocycles. The van der Waals surface area contributed by atoms with Crippen LogP contribution in [0.5, 0.6) is 0 Å². The van der Waals surface area contributed by atoms with Gasteiger partial charge in [-0.05, 0) is 6.42 Å². The molecule has 0 bridgehead atoms. The molecular weight excluding hydrogens is 100 g/mol. The van der Waals surface area contributed by atoms with Crippen molar-refractivity contribution in [3.05, 3.63) is 0 Å². The third-order valence-electron chi connectivity index (χ3n) is 1.16. The minimum Gasteiger partial charge on any atom is -0.230 e. The molecule has 0 spiro atoms. The summed E-state index contributed by atoms with van der Waals surface area (Å²) in [7, 11) is 0. The van der Waals surface area contributed by atoms with Gasteiger partial charge in [0.1, 0.15) is 0 Å². The highest BCUT2D eigenvalue weighted by Gasteiger charge is 1.90. The van der Waals surface area contributed by atoms with E-state index in [1.165, 1.54) is 6.42 Å². The Labute approximate surface area is 51.6 Å². The maximum Gasteiger partial charge on any atom is 0.0144 e. The fourth-order valence-electron chi connectivity index (χ4n) is 0.507. The number of rotatable bonds is 4. The number of unbranched alkanes of at least 4 members (excludes halogenated alkanes) is 1. The first-order valence-electron chi connectivity index (χ1n) is 3.27. The van der Waals surface area contributed by atoms with Gasteiger partial charge in [0, 0.05) is 13.1 Å². The van der Waals surface area contributed by atoms with Crippen LogP contribution >= 0.6 is 0 Å². The lowest BCUT2D eigenvalue weighted by Gasteiger charge is -2.09. The van der Waals surface area contributed by atoms with Crippen molar-refractivity contribution in [1.82, 2.24) is 10.9 Å². The normalized spacial score (nSPS) is 10.5. The number of nitrogens with one attached hydrogen (secondary N) is 1. The van der Waals surface area contributed by atoms with Gasteiger partial charge in [-0.15, -0.1) is 0 Å². The van der Waals surface area contributed by atoms with Crippen molar-refractivity contribution in [2.24, 2.45) is 0 Å². The van der Waals surface area contributed by atoms with Gasteiger partial charge in [-0.2, -0.15) is 5.84 Å². The molecule has 0 saturated carbocycles. The smallest absolute Gasteiger partial charge is 0.0144 e. The maximum atomic E-state index is 7.16. The predicted octanol–water partition coefficient (Wildman–Crippen LogP) is 1.31. The van der Waals surface area contributed by atoms with Crippen LogP contribution in [0.2, 0.25) is 0 Å². The summed E-state index contributed by atoms with van der Waals surface area (Å²) in [6.07, 6.45) is 2.34. The summed E-state index contributed by atoms with van der Waals surface area (Å²) in [5, 5.41) is 1.59. The van der Waals surface area contributed by atoms with Crippen LogP contribution in [0.15, 0.2) is 0 Å². The second-order valence-corrected chi connectivity index (χ2v) is 1.93. The lowest BCUT2D eigenvalue weighted by atomic mass is 10.3. The lowest BCUT2D eigenvalue weighted by Crippen LogP contribution is -2.21. The minimum absolute atomic E-state index is 0.847. The zero-order valence-electron chi connectivity index (χ0n) is 5.78. The molecule has 0 rings (SSSR count). The highest BCUT2D eigenvalue weighted by atomic mass is 15.4. The van der Waals surface area contributed by atoms with Crippen molar-refractivity contribution in [2.45, 2.75) is 26.7 Å². The quantitative estimate of drug-likeness (QED) is 0.507. The molecule has 2 heteroatoms. The van der Waals surface area contributed by atoms with Crippen molar-refractivity contribution >= 4 is 0 Å². The molecule has 1 radical (unpaired) electrons. The van der Waals surface area contributed by atoms with E-state index in [1.54, 1.807) is 5.01 Å².